The maximum atomic E-state index is 11.9. The summed E-state index contributed by atoms with van der Waals surface area (Å²) in [5, 5.41) is 30.0. The van der Waals surface area contributed by atoms with Crippen molar-refractivity contribution in [3.63, 3.8) is 0 Å². The van der Waals surface area contributed by atoms with E-state index in [2.05, 4.69) is 38.2 Å². The van der Waals surface area contributed by atoms with Crippen molar-refractivity contribution in [1.82, 2.24) is 0 Å². The first-order chi connectivity index (χ1) is 22.4. The molecule has 0 spiro atoms. The molecule has 0 radical (unpaired) electrons. The van der Waals surface area contributed by atoms with Gasteiger partial charge in [0.25, 0.3) is 0 Å². The fourth-order valence-corrected chi connectivity index (χ4v) is 5.29. The Hall–Kier alpha value is -1.70. The maximum Gasteiger partial charge on any atom is 0.305 e. The molecule has 0 heterocycles. The second-order valence-corrected chi connectivity index (χ2v) is 13.1. The van der Waals surface area contributed by atoms with Gasteiger partial charge in [-0.15, -0.1) is 0 Å². The van der Waals surface area contributed by atoms with Gasteiger partial charge >= 0.3 is 11.9 Å². The number of esters is 2. The van der Waals surface area contributed by atoms with Crippen molar-refractivity contribution in [2.24, 2.45) is 0 Å². The lowest BCUT2D eigenvalue weighted by Crippen LogP contribution is -2.25. The fourth-order valence-electron chi connectivity index (χ4n) is 5.29. The molecule has 0 aliphatic rings. The van der Waals surface area contributed by atoms with Crippen LogP contribution in [0.5, 0.6) is 0 Å². The van der Waals surface area contributed by atoms with Gasteiger partial charge < -0.3 is 24.8 Å². The average molecular weight is 653 g/mol. The van der Waals surface area contributed by atoms with E-state index >= 15 is 0 Å². The molecular weight excluding hydrogens is 580 g/mol. The molecule has 46 heavy (non-hydrogen) atoms. The van der Waals surface area contributed by atoms with Crippen molar-refractivity contribution < 1.29 is 34.4 Å². The lowest BCUT2D eigenvalue weighted by Gasteiger charge is -2.12. The Balaban J connectivity index is 3.54. The van der Waals surface area contributed by atoms with Gasteiger partial charge in [0.2, 0.25) is 0 Å². The summed E-state index contributed by atoms with van der Waals surface area (Å²) in [5.41, 5.74) is 0. The molecule has 7 nitrogen and oxygen atoms in total. The van der Waals surface area contributed by atoms with Crippen molar-refractivity contribution in [3.05, 3.63) is 24.3 Å². The number of rotatable bonds is 34. The van der Waals surface area contributed by atoms with Crippen LogP contribution in [0.2, 0.25) is 0 Å². The van der Waals surface area contributed by atoms with E-state index in [0.29, 0.717) is 12.8 Å². The van der Waals surface area contributed by atoms with E-state index in [4.69, 9.17) is 9.47 Å². The molecular formula is C39H72O7. The zero-order chi connectivity index (χ0) is 33.9. The summed E-state index contributed by atoms with van der Waals surface area (Å²) in [4.78, 5) is 23.9. The smallest absolute Gasteiger partial charge is 0.305 e. The summed E-state index contributed by atoms with van der Waals surface area (Å²) >= 11 is 0. The van der Waals surface area contributed by atoms with Crippen LogP contribution in [-0.4, -0.2) is 58.8 Å². The molecule has 0 saturated carbocycles. The predicted molar refractivity (Wildman–Crippen MR) is 190 cm³/mol. The van der Waals surface area contributed by atoms with Crippen LogP contribution in [0.3, 0.4) is 0 Å². The minimum Gasteiger partial charge on any atom is -0.463 e. The molecule has 0 saturated heterocycles. The van der Waals surface area contributed by atoms with Crippen LogP contribution in [0.15, 0.2) is 24.3 Å². The van der Waals surface area contributed by atoms with Crippen molar-refractivity contribution in [1.29, 1.82) is 0 Å². The number of aliphatic hydroxyl groups excluding tert-OH is 3. The molecule has 7 heteroatoms. The zero-order valence-corrected chi connectivity index (χ0v) is 29.8. The Bertz CT molecular complexity index is 676. The molecule has 0 aromatic heterocycles. The average Bonchev–Trinajstić information content (AvgIpc) is 3.04. The third-order valence-electron chi connectivity index (χ3n) is 8.31. The zero-order valence-electron chi connectivity index (χ0n) is 29.8. The van der Waals surface area contributed by atoms with Crippen molar-refractivity contribution in [2.45, 2.75) is 199 Å². The molecule has 0 bridgehead atoms. The predicted octanol–water partition coefficient (Wildman–Crippen LogP) is 9.45. The topological polar surface area (TPSA) is 113 Å². The quantitative estimate of drug-likeness (QED) is 0.0360. The van der Waals surface area contributed by atoms with Gasteiger partial charge in [0.15, 0.2) is 0 Å². The number of carbonyl (C=O) groups excluding carboxylic acids is 2. The van der Waals surface area contributed by atoms with E-state index in [1.54, 1.807) is 0 Å². The Morgan fingerprint density at radius 1 is 0.478 bits per heavy atom. The normalized spacial score (nSPS) is 13.8. The summed E-state index contributed by atoms with van der Waals surface area (Å²) in [7, 11) is 0. The minimum absolute atomic E-state index is 0.155. The Morgan fingerprint density at radius 2 is 0.848 bits per heavy atom. The first-order valence-electron chi connectivity index (χ1n) is 19.0. The molecule has 3 atom stereocenters. The fraction of sp³-hybridized carbons (Fsp3) is 0.846. The van der Waals surface area contributed by atoms with Gasteiger partial charge in [0, 0.05) is 12.8 Å². The minimum atomic E-state index is -1.00. The molecule has 0 aromatic rings. The number of aliphatic hydroxyl groups is 3. The first kappa shape index (κ1) is 44.3. The van der Waals surface area contributed by atoms with Crippen LogP contribution in [0.25, 0.3) is 0 Å². The maximum absolute atomic E-state index is 11.9. The van der Waals surface area contributed by atoms with E-state index in [9.17, 15) is 24.9 Å². The molecule has 0 aliphatic heterocycles. The Kier molecular flexibility index (Phi) is 33.3. The van der Waals surface area contributed by atoms with Crippen LogP contribution in [-0.2, 0) is 19.1 Å². The largest absolute Gasteiger partial charge is 0.463 e. The summed E-state index contributed by atoms with van der Waals surface area (Å²) in [6.07, 6.45) is 32.8. The summed E-state index contributed by atoms with van der Waals surface area (Å²) < 4.78 is 10.3. The molecule has 0 amide bonds. The van der Waals surface area contributed by atoms with Crippen molar-refractivity contribution in [3.8, 4) is 0 Å². The van der Waals surface area contributed by atoms with Gasteiger partial charge in [-0.25, -0.2) is 0 Å². The van der Waals surface area contributed by atoms with Crippen molar-refractivity contribution >= 4 is 11.9 Å². The van der Waals surface area contributed by atoms with Crippen LogP contribution in [0, 0.1) is 0 Å². The molecule has 3 unspecified atom stereocenters. The molecule has 0 aliphatic carbocycles. The van der Waals surface area contributed by atoms with Gasteiger partial charge in [0.1, 0.15) is 19.3 Å². The molecule has 3 N–H and O–H groups in total. The second kappa shape index (κ2) is 34.6. The Labute approximate surface area is 282 Å². The summed E-state index contributed by atoms with van der Waals surface area (Å²) in [6, 6.07) is 0. The third-order valence-corrected chi connectivity index (χ3v) is 8.31. The van der Waals surface area contributed by atoms with Gasteiger partial charge in [-0.05, 0) is 64.2 Å². The van der Waals surface area contributed by atoms with Crippen LogP contribution in [0.4, 0.5) is 0 Å². The van der Waals surface area contributed by atoms with E-state index in [1.807, 2.05) is 0 Å². The summed E-state index contributed by atoms with van der Waals surface area (Å²) in [6.45, 7) is 4.08. The number of allylic oxidation sites excluding steroid dienone is 2. The number of carbonyl (C=O) groups is 2. The van der Waals surface area contributed by atoms with Gasteiger partial charge in [-0.2, -0.15) is 0 Å². The number of hydrogen-bond acceptors (Lipinski definition) is 7. The molecule has 0 rings (SSSR count). The van der Waals surface area contributed by atoms with E-state index in [0.717, 1.165) is 116 Å². The number of ether oxygens (including phenoxy) is 2. The summed E-state index contributed by atoms with van der Waals surface area (Å²) in [5.74, 6) is -0.653. The highest BCUT2D eigenvalue weighted by molar-refractivity contribution is 5.69. The van der Waals surface area contributed by atoms with Gasteiger partial charge in [-0.1, -0.05) is 128 Å². The number of hydrogen-bond donors (Lipinski definition) is 3. The monoisotopic (exact) mass is 653 g/mol. The van der Waals surface area contributed by atoms with Crippen LogP contribution >= 0.6 is 0 Å². The first-order valence-corrected chi connectivity index (χ1v) is 19.0. The van der Waals surface area contributed by atoms with Crippen LogP contribution < -0.4 is 0 Å². The highest BCUT2D eigenvalue weighted by atomic mass is 16.6. The van der Waals surface area contributed by atoms with Crippen molar-refractivity contribution in [2.75, 3.05) is 13.2 Å². The van der Waals surface area contributed by atoms with E-state index in [1.165, 1.54) is 38.5 Å². The molecule has 270 valence electrons. The lowest BCUT2D eigenvalue weighted by atomic mass is 10.1. The SMILES string of the molecule is CCCCCCC(O)CC=CCCCCCCCC(=O)OCC(O)COC(=O)CCCCCCC/C=C/CC(O)CCCCCC. The third kappa shape index (κ3) is 33.7. The van der Waals surface area contributed by atoms with Gasteiger partial charge in [-0.3, -0.25) is 9.59 Å². The molecule has 0 aromatic carbocycles. The van der Waals surface area contributed by atoms with E-state index < -0.39 is 6.10 Å². The van der Waals surface area contributed by atoms with E-state index in [-0.39, 0.29) is 37.4 Å². The highest BCUT2D eigenvalue weighted by Crippen LogP contribution is 2.13. The van der Waals surface area contributed by atoms with Crippen LogP contribution in [0.1, 0.15) is 181 Å². The second-order valence-electron chi connectivity index (χ2n) is 13.1. The van der Waals surface area contributed by atoms with Gasteiger partial charge in [0.05, 0.1) is 12.2 Å². The lowest BCUT2D eigenvalue weighted by molar-refractivity contribution is -0.152. The Morgan fingerprint density at radius 3 is 1.26 bits per heavy atom. The highest BCUT2D eigenvalue weighted by Gasteiger charge is 2.12. The number of unbranched alkanes of at least 4 members (excludes halogenated alkanes) is 16. The standard InChI is InChI=1S/C39H72O7/c1-3-5-7-21-27-35(40)29-23-17-13-9-11-15-19-25-31-38(43)45-33-37(42)34-46-39(44)32-26-20-16-12-10-14-18-24-30-36(41)28-22-8-6-4-2/h17-18,23-24,35-37,40-42H,3-16,19-22,25-34H2,1-2H3/b23-17+,24-18?. The molecule has 0 fully saturated rings.